The third kappa shape index (κ3) is 6.01. The number of aromatic nitrogens is 2. The lowest BCUT2D eigenvalue weighted by Crippen LogP contribution is -2.48. The standard InChI is InChI=1S/C25H22F6N4O2/c1-23(2,20-12-13-32-22(33-20)24(26,27)28)34-18-14-19(15-6-4-3-5-7-15)35(21(18)36)16-8-10-17(11-9-16)37-25(29,30)31/h3-13,18-19,34H,14H2,1-2H3/t18-,19-/m1/s1. The number of halogens is 6. The fourth-order valence-electron chi connectivity index (χ4n) is 4.30. The van der Waals surface area contributed by atoms with Gasteiger partial charge in [-0.2, -0.15) is 13.2 Å². The SMILES string of the molecule is CC(C)(N[C@@H]1C[C@H](c2ccccc2)N(c2ccc(OC(F)(F)F)cc2)C1=O)c1ccnc(C(F)(F)F)n1. The molecule has 1 aliphatic heterocycles. The summed E-state index contributed by atoms with van der Waals surface area (Å²) in [7, 11) is 0. The van der Waals surface area contributed by atoms with Crippen LogP contribution in [-0.2, 0) is 16.5 Å². The highest BCUT2D eigenvalue weighted by atomic mass is 19.4. The van der Waals surface area contributed by atoms with Gasteiger partial charge >= 0.3 is 12.5 Å². The van der Waals surface area contributed by atoms with Crippen LogP contribution in [0.5, 0.6) is 5.75 Å². The molecule has 4 rings (SSSR count). The number of hydrogen-bond acceptors (Lipinski definition) is 5. The maximum atomic E-state index is 13.6. The Morgan fingerprint density at radius 3 is 2.19 bits per heavy atom. The van der Waals surface area contributed by atoms with Crippen LogP contribution in [0.25, 0.3) is 0 Å². The van der Waals surface area contributed by atoms with Crippen LogP contribution in [0, 0.1) is 0 Å². The lowest BCUT2D eigenvalue weighted by molar-refractivity contribution is -0.274. The lowest BCUT2D eigenvalue weighted by atomic mass is 9.96. The molecule has 1 amide bonds. The average molecular weight is 524 g/mol. The Labute approximate surface area is 208 Å². The third-order valence-corrected chi connectivity index (χ3v) is 5.92. The highest BCUT2D eigenvalue weighted by Crippen LogP contribution is 2.39. The predicted octanol–water partition coefficient (Wildman–Crippen LogP) is 5.77. The van der Waals surface area contributed by atoms with Crippen molar-refractivity contribution in [3.63, 3.8) is 0 Å². The molecular formula is C25H22F6N4O2. The first-order valence-electron chi connectivity index (χ1n) is 11.2. The first-order valence-corrected chi connectivity index (χ1v) is 11.2. The number of nitrogens with one attached hydrogen (secondary N) is 1. The minimum Gasteiger partial charge on any atom is -0.406 e. The highest BCUT2D eigenvalue weighted by Gasteiger charge is 2.44. The fraction of sp³-hybridized carbons (Fsp3) is 0.320. The Kier molecular flexibility index (Phi) is 6.89. The molecule has 1 aliphatic rings. The van der Waals surface area contributed by atoms with Gasteiger partial charge in [0.1, 0.15) is 5.75 Å². The van der Waals surface area contributed by atoms with Gasteiger partial charge in [-0.05, 0) is 56.2 Å². The molecule has 12 heteroatoms. The third-order valence-electron chi connectivity index (χ3n) is 5.92. The summed E-state index contributed by atoms with van der Waals surface area (Å²) in [5.74, 6) is -2.11. The number of amides is 1. The first-order chi connectivity index (χ1) is 17.2. The second-order valence-corrected chi connectivity index (χ2v) is 9.00. The van der Waals surface area contributed by atoms with Crippen LogP contribution in [0.2, 0.25) is 0 Å². The summed E-state index contributed by atoms with van der Waals surface area (Å²) in [6, 6.07) is 14.0. The quantitative estimate of drug-likeness (QED) is 0.415. The van der Waals surface area contributed by atoms with Crippen LogP contribution in [-0.4, -0.2) is 28.3 Å². The van der Waals surface area contributed by atoms with Gasteiger partial charge in [0.25, 0.3) is 0 Å². The Bertz CT molecular complexity index is 1250. The molecule has 0 unspecified atom stereocenters. The number of nitrogens with zero attached hydrogens (tertiary/aromatic N) is 3. The number of carbonyl (C=O) groups excluding carboxylic acids is 1. The second-order valence-electron chi connectivity index (χ2n) is 9.00. The van der Waals surface area contributed by atoms with E-state index in [1.165, 1.54) is 23.1 Å². The van der Waals surface area contributed by atoms with Gasteiger partial charge in [0.05, 0.1) is 23.3 Å². The number of alkyl halides is 6. The van der Waals surface area contributed by atoms with Crippen LogP contribution < -0.4 is 15.0 Å². The van der Waals surface area contributed by atoms with Gasteiger partial charge < -0.3 is 9.64 Å². The van der Waals surface area contributed by atoms with E-state index in [-0.39, 0.29) is 12.1 Å². The monoisotopic (exact) mass is 524 g/mol. The molecule has 196 valence electrons. The minimum atomic E-state index is -4.86. The summed E-state index contributed by atoms with van der Waals surface area (Å²) in [5, 5.41) is 3.12. The number of rotatable bonds is 6. The van der Waals surface area contributed by atoms with Crippen molar-refractivity contribution in [3.05, 3.63) is 83.9 Å². The molecule has 0 spiro atoms. The van der Waals surface area contributed by atoms with E-state index >= 15 is 0 Å². The average Bonchev–Trinajstić information content (AvgIpc) is 3.14. The van der Waals surface area contributed by atoms with Crippen molar-refractivity contribution >= 4 is 11.6 Å². The first kappa shape index (κ1) is 26.4. The van der Waals surface area contributed by atoms with E-state index in [4.69, 9.17) is 0 Å². The molecule has 1 saturated heterocycles. The van der Waals surface area contributed by atoms with Crippen molar-refractivity contribution in [2.75, 3.05) is 4.90 Å². The topological polar surface area (TPSA) is 67.3 Å². The zero-order valence-corrected chi connectivity index (χ0v) is 19.6. The van der Waals surface area contributed by atoms with Crippen molar-refractivity contribution in [3.8, 4) is 5.75 Å². The molecule has 2 heterocycles. The Morgan fingerprint density at radius 2 is 1.59 bits per heavy atom. The largest absolute Gasteiger partial charge is 0.573 e. The number of anilines is 1. The summed E-state index contributed by atoms with van der Waals surface area (Å²) >= 11 is 0. The predicted molar refractivity (Wildman–Crippen MR) is 121 cm³/mol. The van der Waals surface area contributed by atoms with Crippen LogP contribution in [0.1, 0.15) is 43.4 Å². The molecule has 1 N–H and O–H groups in total. The van der Waals surface area contributed by atoms with Crippen LogP contribution in [0.15, 0.2) is 66.9 Å². The molecule has 0 bridgehead atoms. The van der Waals surface area contributed by atoms with E-state index in [1.807, 2.05) is 12.1 Å². The molecular weight excluding hydrogens is 502 g/mol. The summed E-state index contributed by atoms with van der Waals surface area (Å²) in [6.45, 7) is 3.21. The fourth-order valence-corrected chi connectivity index (χ4v) is 4.30. The molecule has 3 aromatic rings. The van der Waals surface area contributed by atoms with Crippen LogP contribution >= 0.6 is 0 Å². The highest BCUT2D eigenvalue weighted by molar-refractivity contribution is 6.00. The summed E-state index contributed by atoms with van der Waals surface area (Å²) < 4.78 is 81.0. The van der Waals surface area contributed by atoms with E-state index in [1.54, 1.807) is 32.0 Å². The van der Waals surface area contributed by atoms with E-state index in [0.29, 0.717) is 5.69 Å². The molecule has 2 atom stereocenters. The van der Waals surface area contributed by atoms with Crippen molar-refractivity contribution in [1.29, 1.82) is 0 Å². The van der Waals surface area contributed by atoms with E-state index in [9.17, 15) is 31.1 Å². The van der Waals surface area contributed by atoms with E-state index < -0.39 is 47.6 Å². The van der Waals surface area contributed by atoms with Crippen molar-refractivity contribution < 1.29 is 35.9 Å². The van der Waals surface area contributed by atoms with Gasteiger partial charge in [0.2, 0.25) is 11.7 Å². The van der Waals surface area contributed by atoms with Crippen LogP contribution in [0.4, 0.5) is 32.0 Å². The molecule has 6 nitrogen and oxygen atoms in total. The molecule has 0 radical (unpaired) electrons. The molecule has 37 heavy (non-hydrogen) atoms. The summed E-state index contributed by atoms with van der Waals surface area (Å²) in [5.41, 5.74) is 0.0307. The summed E-state index contributed by atoms with van der Waals surface area (Å²) in [6.07, 6.45) is -8.32. The van der Waals surface area contributed by atoms with Gasteiger partial charge in [-0.1, -0.05) is 30.3 Å². The van der Waals surface area contributed by atoms with Crippen molar-refractivity contribution in [2.24, 2.45) is 0 Å². The lowest BCUT2D eigenvalue weighted by Gasteiger charge is -2.29. The Hall–Kier alpha value is -3.67. The van der Waals surface area contributed by atoms with Gasteiger partial charge in [-0.25, -0.2) is 9.97 Å². The smallest absolute Gasteiger partial charge is 0.406 e. The van der Waals surface area contributed by atoms with Crippen molar-refractivity contribution in [1.82, 2.24) is 15.3 Å². The number of hydrogen-bond donors (Lipinski definition) is 1. The van der Waals surface area contributed by atoms with Crippen LogP contribution in [0.3, 0.4) is 0 Å². The van der Waals surface area contributed by atoms with Crippen molar-refractivity contribution in [2.45, 2.75) is 50.4 Å². The van der Waals surface area contributed by atoms with Gasteiger partial charge in [-0.3, -0.25) is 10.1 Å². The number of carbonyl (C=O) groups is 1. The maximum absolute atomic E-state index is 13.6. The normalized spacial score (nSPS) is 18.8. The Morgan fingerprint density at radius 1 is 0.946 bits per heavy atom. The number of benzene rings is 2. The molecule has 1 aromatic heterocycles. The molecule has 0 aliphatic carbocycles. The van der Waals surface area contributed by atoms with E-state index in [0.717, 1.165) is 23.9 Å². The zero-order chi connectivity index (χ0) is 27.0. The minimum absolute atomic E-state index is 0.0472. The molecule has 2 aromatic carbocycles. The van der Waals surface area contributed by atoms with Gasteiger partial charge in [0, 0.05) is 11.9 Å². The maximum Gasteiger partial charge on any atom is 0.573 e. The zero-order valence-electron chi connectivity index (χ0n) is 19.6. The van der Waals surface area contributed by atoms with Gasteiger partial charge in [0.15, 0.2) is 0 Å². The summed E-state index contributed by atoms with van der Waals surface area (Å²) in [4.78, 5) is 22.0. The van der Waals surface area contributed by atoms with Gasteiger partial charge in [-0.15, -0.1) is 13.2 Å². The second kappa shape index (κ2) is 9.66. The number of ether oxygens (including phenoxy) is 1. The Balaban J connectivity index is 1.64. The molecule has 1 fully saturated rings. The molecule has 0 saturated carbocycles. The van der Waals surface area contributed by atoms with E-state index in [2.05, 4.69) is 20.0 Å².